The molecule has 0 aromatic heterocycles. The second-order valence-corrected chi connectivity index (χ2v) is 4.04. The molecule has 0 fully saturated rings. The molecular weight excluding hydrogens is 210 g/mol. The molecule has 1 rings (SSSR count). The van der Waals surface area contributed by atoms with Crippen LogP contribution in [0.15, 0.2) is 24.3 Å². The fraction of sp³-hybridized carbons (Fsp3) is 0.417. The van der Waals surface area contributed by atoms with E-state index in [0.29, 0.717) is 18.8 Å². The van der Waals surface area contributed by atoms with Crippen molar-refractivity contribution in [3.8, 4) is 0 Å². The third-order valence-corrected chi connectivity index (χ3v) is 2.49. The highest BCUT2D eigenvalue weighted by Gasteiger charge is 2.08. The number of nitrogens with zero attached hydrogens (tertiary/aromatic N) is 1. The van der Waals surface area contributed by atoms with Crippen LogP contribution in [0, 0.1) is 6.92 Å². The molecule has 1 aromatic rings. The molecule has 0 aliphatic carbocycles. The monoisotopic (exact) mass is 225 g/mol. The zero-order valence-corrected chi connectivity index (χ0v) is 9.92. The zero-order chi connectivity index (χ0) is 11.3. The first-order valence-electron chi connectivity index (χ1n) is 4.99. The van der Waals surface area contributed by atoms with Crippen LogP contribution in [0.25, 0.3) is 0 Å². The lowest BCUT2D eigenvalue weighted by molar-refractivity contribution is -0.128. The summed E-state index contributed by atoms with van der Waals surface area (Å²) in [5.41, 5.74) is 2.26. The lowest BCUT2D eigenvalue weighted by atomic mass is 10.1. The first-order valence-corrected chi connectivity index (χ1v) is 5.52. The van der Waals surface area contributed by atoms with E-state index < -0.39 is 0 Å². The van der Waals surface area contributed by atoms with Gasteiger partial charge in [-0.1, -0.05) is 29.8 Å². The Kier molecular flexibility index (Phi) is 4.63. The number of halogens is 1. The molecule has 0 bridgehead atoms. The topological polar surface area (TPSA) is 20.3 Å². The molecule has 0 N–H and O–H groups in total. The van der Waals surface area contributed by atoms with Crippen LogP contribution in [0.3, 0.4) is 0 Å². The maximum absolute atomic E-state index is 11.7. The van der Waals surface area contributed by atoms with Gasteiger partial charge in [0.1, 0.15) is 0 Å². The lowest BCUT2D eigenvalue weighted by Crippen LogP contribution is -2.29. The SMILES string of the molecule is Cc1ccc(CC(=O)N(C)CCCl)cc1. The van der Waals surface area contributed by atoms with Crippen molar-refractivity contribution >= 4 is 17.5 Å². The number of benzene rings is 1. The lowest BCUT2D eigenvalue weighted by Gasteiger charge is -2.15. The number of alkyl halides is 1. The Morgan fingerprint density at radius 2 is 1.93 bits per heavy atom. The summed E-state index contributed by atoms with van der Waals surface area (Å²) < 4.78 is 0. The van der Waals surface area contributed by atoms with Crippen molar-refractivity contribution in [2.24, 2.45) is 0 Å². The smallest absolute Gasteiger partial charge is 0.226 e. The summed E-state index contributed by atoms with van der Waals surface area (Å²) >= 11 is 5.57. The second-order valence-electron chi connectivity index (χ2n) is 3.67. The predicted octanol–water partition coefficient (Wildman–Crippen LogP) is 2.23. The van der Waals surface area contributed by atoms with Crippen LogP contribution >= 0.6 is 11.6 Å². The predicted molar refractivity (Wildman–Crippen MR) is 63.2 cm³/mol. The van der Waals surface area contributed by atoms with Gasteiger partial charge in [0.25, 0.3) is 0 Å². The fourth-order valence-corrected chi connectivity index (χ4v) is 1.52. The minimum Gasteiger partial charge on any atom is -0.344 e. The number of hydrogen-bond acceptors (Lipinski definition) is 1. The van der Waals surface area contributed by atoms with Gasteiger partial charge in [-0.25, -0.2) is 0 Å². The van der Waals surface area contributed by atoms with E-state index in [1.54, 1.807) is 11.9 Å². The van der Waals surface area contributed by atoms with Crippen LogP contribution in [-0.4, -0.2) is 30.3 Å². The molecule has 0 spiro atoms. The first kappa shape index (κ1) is 12.1. The standard InChI is InChI=1S/C12H16ClNO/c1-10-3-5-11(6-4-10)9-12(15)14(2)8-7-13/h3-6H,7-9H2,1-2H3. The molecule has 0 heterocycles. The van der Waals surface area contributed by atoms with E-state index in [0.717, 1.165) is 5.56 Å². The molecule has 82 valence electrons. The van der Waals surface area contributed by atoms with Crippen molar-refractivity contribution in [3.05, 3.63) is 35.4 Å². The highest BCUT2D eigenvalue weighted by molar-refractivity contribution is 6.18. The highest BCUT2D eigenvalue weighted by Crippen LogP contribution is 2.05. The number of hydrogen-bond donors (Lipinski definition) is 0. The molecule has 0 radical (unpaired) electrons. The van der Waals surface area contributed by atoms with Crippen molar-refractivity contribution in [2.75, 3.05) is 19.5 Å². The van der Waals surface area contributed by atoms with Crippen molar-refractivity contribution in [1.29, 1.82) is 0 Å². The minimum absolute atomic E-state index is 0.111. The van der Waals surface area contributed by atoms with E-state index in [1.807, 2.05) is 31.2 Å². The number of carbonyl (C=O) groups is 1. The molecule has 0 saturated carbocycles. The van der Waals surface area contributed by atoms with Crippen molar-refractivity contribution in [1.82, 2.24) is 4.90 Å². The van der Waals surface area contributed by atoms with Crippen molar-refractivity contribution in [2.45, 2.75) is 13.3 Å². The Labute approximate surface area is 95.8 Å². The van der Waals surface area contributed by atoms with Gasteiger partial charge in [0.2, 0.25) is 5.91 Å². The van der Waals surface area contributed by atoms with Gasteiger partial charge in [-0.2, -0.15) is 0 Å². The van der Waals surface area contributed by atoms with Gasteiger partial charge < -0.3 is 4.90 Å². The van der Waals surface area contributed by atoms with E-state index in [2.05, 4.69) is 0 Å². The van der Waals surface area contributed by atoms with Gasteiger partial charge in [0.05, 0.1) is 6.42 Å². The van der Waals surface area contributed by atoms with E-state index in [9.17, 15) is 4.79 Å². The molecule has 0 unspecified atom stereocenters. The number of likely N-dealkylation sites (N-methyl/N-ethyl adjacent to an activating group) is 1. The quantitative estimate of drug-likeness (QED) is 0.720. The highest BCUT2D eigenvalue weighted by atomic mass is 35.5. The zero-order valence-electron chi connectivity index (χ0n) is 9.16. The minimum atomic E-state index is 0.111. The van der Waals surface area contributed by atoms with Gasteiger partial charge in [0, 0.05) is 19.5 Å². The summed E-state index contributed by atoms with van der Waals surface area (Å²) in [4.78, 5) is 13.3. The third-order valence-electron chi connectivity index (χ3n) is 2.32. The average molecular weight is 226 g/mol. The van der Waals surface area contributed by atoms with Gasteiger partial charge in [-0.05, 0) is 12.5 Å². The number of carbonyl (C=O) groups excluding carboxylic acids is 1. The second kappa shape index (κ2) is 5.76. The van der Waals surface area contributed by atoms with Crippen LogP contribution in [0.2, 0.25) is 0 Å². The summed E-state index contributed by atoms with van der Waals surface area (Å²) in [6, 6.07) is 8.01. The summed E-state index contributed by atoms with van der Waals surface area (Å²) in [6.45, 7) is 2.64. The van der Waals surface area contributed by atoms with Crippen molar-refractivity contribution in [3.63, 3.8) is 0 Å². The van der Waals surface area contributed by atoms with E-state index >= 15 is 0 Å². The van der Waals surface area contributed by atoms with Gasteiger partial charge in [-0.15, -0.1) is 11.6 Å². The van der Waals surface area contributed by atoms with Gasteiger partial charge >= 0.3 is 0 Å². The first-order chi connectivity index (χ1) is 7.13. The molecule has 15 heavy (non-hydrogen) atoms. The molecular formula is C12H16ClNO. The molecule has 0 atom stereocenters. The van der Waals surface area contributed by atoms with Crippen LogP contribution < -0.4 is 0 Å². The fourth-order valence-electron chi connectivity index (χ4n) is 1.27. The summed E-state index contributed by atoms with van der Waals surface area (Å²) in [6.07, 6.45) is 0.452. The Hall–Kier alpha value is -1.02. The summed E-state index contributed by atoms with van der Waals surface area (Å²) in [7, 11) is 1.78. The average Bonchev–Trinajstić information content (AvgIpc) is 2.22. The molecule has 3 heteroatoms. The summed E-state index contributed by atoms with van der Waals surface area (Å²) in [5, 5.41) is 0. The molecule has 1 amide bonds. The molecule has 0 aliphatic heterocycles. The van der Waals surface area contributed by atoms with Gasteiger partial charge in [-0.3, -0.25) is 4.79 Å². The van der Waals surface area contributed by atoms with E-state index in [-0.39, 0.29) is 5.91 Å². The van der Waals surface area contributed by atoms with Crippen LogP contribution in [-0.2, 0) is 11.2 Å². The van der Waals surface area contributed by atoms with Gasteiger partial charge in [0.15, 0.2) is 0 Å². The molecule has 1 aromatic carbocycles. The third kappa shape index (κ3) is 3.92. The largest absolute Gasteiger partial charge is 0.344 e. The van der Waals surface area contributed by atoms with Crippen molar-refractivity contribution < 1.29 is 4.79 Å². The molecule has 0 saturated heterocycles. The van der Waals surface area contributed by atoms with E-state index in [1.165, 1.54) is 5.56 Å². The number of amides is 1. The van der Waals surface area contributed by atoms with Crippen LogP contribution in [0.1, 0.15) is 11.1 Å². The maximum atomic E-state index is 11.7. The normalized spacial score (nSPS) is 10.1. The van der Waals surface area contributed by atoms with E-state index in [4.69, 9.17) is 11.6 Å². The number of rotatable bonds is 4. The van der Waals surface area contributed by atoms with Crippen LogP contribution in [0.5, 0.6) is 0 Å². The Balaban J connectivity index is 2.54. The summed E-state index contributed by atoms with van der Waals surface area (Å²) in [5.74, 6) is 0.593. The maximum Gasteiger partial charge on any atom is 0.226 e. The Bertz CT molecular complexity index is 321. The number of aryl methyl sites for hydroxylation is 1. The molecule has 2 nitrogen and oxygen atoms in total. The molecule has 0 aliphatic rings. The Morgan fingerprint density at radius 3 is 2.47 bits per heavy atom. The Morgan fingerprint density at radius 1 is 1.33 bits per heavy atom. The van der Waals surface area contributed by atoms with Crippen LogP contribution in [0.4, 0.5) is 0 Å².